The molecule has 0 aliphatic heterocycles. The minimum absolute atomic E-state index is 0.114. The monoisotopic (exact) mass is 244 g/mol. The second-order valence-electron chi connectivity index (χ2n) is 3.39. The standard InChI is InChI=1S/C10H13FN2O2S/c1-7(16(2)15)5-13-10(14)8-3-4-9(11)12-6-8/h3-4,6-7H,5H2,1-2H3,(H,13,14). The maximum absolute atomic E-state index is 12.5. The Bertz CT molecular complexity index is 394. The summed E-state index contributed by atoms with van der Waals surface area (Å²) in [5, 5.41) is 2.49. The molecule has 0 saturated carbocycles. The second-order valence-corrected chi connectivity index (χ2v) is 5.19. The molecule has 1 aromatic rings. The van der Waals surface area contributed by atoms with Crippen LogP contribution in [-0.4, -0.2) is 33.2 Å². The Balaban J connectivity index is 2.53. The Morgan fingerprint density at radius 1 is 1.62 bits per heavy atom. The Labute approximate surface area is 95.7 Å². The van der Waals surface area contributed by atoms with E-state index >= 15 is 0 Å². The normalized spacial score (nSPS) is 14.2. The van der Waals surface area contributed by atoms with Crippen molar-refractivity contribution >= 4 is 16.7 Å². The molecule has 16 heavy (non-hydrogen) atoms. The number of aromatic nitrogens is 1. The third-order valence-corrected chi connectivity index (χ3v) is 3.41. The van der Waals surface area contributed by atoms with Gasteiger partial charge in [-0.15, -0.1) is 0 Å². The number of rotatable bonds is 4. The molecular weight excluding hydrogens is 231 g/mol. The van der Waals surface area contributed by atoms with Crippen LogP contribution in [0.1, 0.15) is 17.3 Å². The molecular formula is C10H13FN2O2S. The van der Waals surface area contributed by atoms with Crippen molar-refractivity contribution in [3.63, 3.8) is 0 Å². The van der Waals surface area contributed by atoms with Gasteiger partial charge in [0.25, 0.3) is 5.91 Å². The smallest absolute Gasteiger partial charge is 0.252 e. The molecule has 6 heteroatoms. The number of amides is 1. The fraction of sp³-hybridized carbons (Fsp3) is 0.400. The summed E-state index contributed by atoms with van der Waals surface area (Å²) >= 11 is 0. The molecule has 2 atom stereocenters. The molecule has 0 radical (unpaired) electrons. The van der Waals surface area contributed by atoms with Crippen LogP contribution in [0.15, 0.2) is 18.3 Å². The van der Waals surface area contributed by atoms with Gasteiger partial charge in [0.1, 0.15) is 0 Å². The van der Waals surface area contributed by atoms with Gasteiger partial charge in [-0.2, -0.15) is 4.39 Å². The van der Waals surface area contributed by atoms with Gasteiger partial charge >= 0.3 is 0 Å². The topological polar surface area (TPSA) is 59.1 Å². The third-order valence-electron chi connectivity index (χ3n) is 2.11. The molecule has 0 bridgehead atoms. The number of carbonyl (C=O) groups is 1. The van der Waals surface area contributed by atoms with Gasteiger partial charge in [-0.25, -0.2) is 4.98 Å². The first-order valence-corrected chi connectivity index (χ1v) is 6.35. The number of hydrogen-bond acceptors (Lipinski definition) is 3. The molecule has 0 aliphatic rings. The molecule has 1 aromatic heterocycles. The fourth-order valence-electron chi connectivity index (χ4n) is 0.966. The number of nitrogens with zero attached hydrogens (tertiary/aromatic N) is 1. The van der Waals surface area contributed by atoms with Crippen molar-refractivity contribution in [2.75, 3.05) is 12.8 Å². The van der Waals surface area contributed by atoms with Crippen molar-refractivity contribution in [1.29, 1.82) is 0 Å². The summed E-state index contributed by atoms with van der Waals surface area (Å²) in [6, 6.07) is 2.47. The molecule has 0 spiro atoms. The van der Waals surface area contributed by atoms with Crippen molar-refractivity contribution in [3.8, 4) is 0 Å². The predicted octanol–water partition coefficient (Wildman–Crippen LogP) is 0.718. The van der Waals surface area contributed by atoms with Gasteiger partial charge in [-0.3, -0.25) is 9.00 Å². The zero-order valence-electron chi connectivity index (χ0n) is 9.07. The fourth-order valence-corrected chi connectivity index (χ4v) is 1.28. The Morgan fingerprint density at radius 3 is 2.81 bits per heavy atom. The number of nitrogens with one attached hydrogen (secondary N) is 1. The van der Waals surface area contributed by atoms with Crippen LogP contribution in [-0.2, 0) is 10.8 Å². The molecule has 0 saturated heterocycles. The summed E-state index contributed by atoms with van der Waals surface area (Å²) in [6.07, 6.45) is 2.74. The van der Waals surface area contributed by atoms with Crippen LogP contribution in [0.5, 0.6) is 0 Å². The lowest BCUT2D eigenvalue weighted by atomic mass is 10.2. The second kappa shape index (κ2) is 5.69. The van der Waals surface area contributed by atoms with Gasteiger partial charge in [0.2, 0.25) is 5.95 Å². The molecule has 4 nitrogen and oxygen atoms in total. The zero-order chi connectivity index (χ0) is 12.1. The number of pyridine rings is 1. The molecule has 1 heterocycles. The summed E-state index contributed by atoms with van der Waals surface area (Å²) in [7, 11) is -0.977. The van der Waals surface area contributed by atoms with Crippen LogP contribution in [0, 0.1) is 5.95 Å². The lowest BCUT2D eigenvalue weighted by Gasteiger charge is -2.09. The highest BCUT2D eigenvalue weighted by molar-refractivity contribution is 7.84. The highest BCUT2D eigenvalue weighted by atomic mass is 32.2. The van der Waals surface area contributed by atoms with E-state index in [-0.39, 0.29) is 16.7 Å². The molecule has 0 aromatic carbocycles. The van der Waals surface area contributed by atoms with Crippen LogP contribution >= 0.6 is 0 Å². The predicted molar refractivity (Wildman–Crippen MR) is 60.1 cm³/mol. The SMILES string of the molecule is CC(CNC(=O)c1ccc(F)nc1)S(C)=O. The first-order valence-electron chi connectivity index (χ1n) is 4.72. The molecule has 88 valence electrons. The van der Waals surface area contributed by atoms with Gasteiger partial charge in [-0.1, -0.05) is 0 Å². The van der Waals surface area contributed by atoms with E-state index in [2.05, 4.69) is 10.3 Å². The third kappa shape index (κ3) is 3.69. The van der Waals surface area contributed by atoms with Crippen molar-refractivity contribution < 1.29 is 13.4 Å². The zero-order valence-corrected chi connectivity index (χ0v) is 9.88. The van der Waals surface area contributed by atoms with Crippen molar-refractivity contribution in [2.24, 2.45) is 0 Å². The molecule has 1 N–H and O–H groups in total. The highest BCUT2D eigenvalue weighted by Gasteiger charge is 2.10. The maximum Gasteiger partial charge on any atom is 0.252 e. The highest BCUT2D eigenvalue weighted by Crippen LogP contribution is 1.99. The Hall–Kier alpha value is -1.30. The minimum atomic E-state index is -0.977. The maximum atomic E-state index is 12.5. The first kappa shape index (κ1) is 12.8. The summed E-state index contributed by atoms with van der Waals surface area (Å²) in [5.41, 5.74) is 0.287. The largest absolute Gasteiger partial charge is 0.351 e. The van der Waals surface area contributed by atoms with Crippen molar-refractivity contribution in [1.82, 2.24) is 10.3 Å². The number of carbonyl (C=O) groups excluding carboxylic acids is 1. The summed E-state index contributed by atoms with van der Waals surface area (Å²) in [5.74, 6) is -0.968. The molecule has 0 aliphatic carbocycles. The van der Waals surface area contributed by atoms with Crippen LogP contribution in [0.2, 0.25) is 0 Å². The lowest BCUT2D eigenvalue weighted by Crippen LogP contribution is -2.32. The first-order chi connectivity index (χ1) is 7.50. The Morgan fingerprint density at radius 2 is 2.31 bits per heavy atom. The van der Waals surface area contributed by atoms with Gasteiger partial charge in [0.05, 0.1) is 5.56 Å². The van der Waals surface area contributed by atoms with E-state index in [1.807, 2.05) is 0 Å². The van der Waals surface area contributed by atoms with E-state index in [9.17, 15) is 13.4 Å². The molecule has 2 unspecified atom stereocenters. The summed E-state index contributed by atoms with van der Waals surface area (Å²) < 4.78 is 23.5. The van der Waals surface area contributed by atoms with E-state index < -0.39 is 16.7 Å². The summed E-state index contributed by atoms with van der Waals surface area (Å²) in [4.78, 5) is 14.9. The Kier molecular flexibility index (Phi) is 4.54. The van der Waals surface area contributed by atoms with E-state index in [1.54, 1.807) is 13.2 Å². The van der Waals surface area contributed by atoms with Crippen molar-refractivity contribution in [3.05, 3.63) is 29.8 Å². The molecule has 0 fully saturated rings. The van der Waals surface area contributed by atoms with Gasteiger partial charge < -0.3 is 5.32 Å². The van der Waals surface area contributed by atoms with E-state index in [0.717, 1.165) is 12.3 Å². The van der Waals surface area contributed by atoms with Crippen LogP contribution < -0.4 is 5.32 Å². The number of halogens is 1. The summed E-state index contributed by atoms with van der Waals surface area (Å²) in [6.45, 7) is 2.10. The van der Waals surface area contributed by atoms with Gasteiger partial charge in [0.15, 0.2) is 0 Å². The molecule has 1 rings (SSSR count). The quantitative estimate of drug-likeness (QED) is 0.794. The number of hydrogen-bond donors (Lipinski definition) is 1. The van der Waals surface area contributed by atoms with Gasteiger partial charge in [-0.05, 0) is 19.1 Å². The van der Waals surface area contributed by atoms with Crippen LogP contribution in [0.25, 0.3) is 0 Å². The lowest BCUT2D eigenvalue weighted by molar-refractivity contribution is 0.0953. The molecule has 1 amide bonds. The van der Waals surface area contributed by atoms with E-state index in [1.165, 1.54) is 6.07 Å². The van der Waals surface area contributed by atoms with E-state index in [0.29, 0.717) is 6.54 Å². The average Bonchev–Trinajstić information content (AvgIpc) is 2.26. The van der Waals surface area contributed by atoms with E-state index in [4.69, 9.17) is 0 Å². The van der Waals surface area contributed by atoms with Gasteiger partial charge in [0, 0.05) is 35.0 Å². The average molecular weight is 244 g/mol. The van der Waals surface area contributed by atoms with Crippen LogP contribution in [0.4, 0.5) is 4.39 Å². The minimum Gasteiger partial charge on any atom is -0.351 e. The van der Waals surface area contributed by atoms with Crippen LogP contribution in [0.3, 0.4) is 0 Å². The van der Waals surface area contributed by atoms with Crippen molar-refractivity contribution in [2.45, 2.75) is 12.2 Å².